The molecule has 0 radical (unpaired) electrons. The Labute approximate surface area is 125 Å². The average Bonchev–Trinajstić information content (AvgIpc) is 3.05. The molecular weight excluding hydrogens is 262 g/mol. The number of aromatic nitrogens is 2. The van der Waals surface area contributed by atoms with Gasteiger partial charge in [-0.25, -0.2) is 0 Å². The summed E-state index contributed by atoms with van der Waals surface area (Å²) in [5, 5.41) is 4.19. The minimum absolute atomic E-state index is 0.335. The van der Waals surface area contributed by atoms with Crippen LogP contribution in [0.25, 0.3) is 0 Å². The van der Waals surface area contributed by atoms with E-state index >= 15 is 0 Å². The fraction of sp³-hybridized carbons (Fsp3) is 0.529. The van der Waals surface area contributed by atoms with E-state index in [2.05, 4.69) is 17.1 Å². The second-order valence-corrected chi connectivity index (χ2v) is 6.02. The Kier molecular flexibility index (Phi) is 4.34. The van der Waals surface area contributed by atoms with Crippen LogP contribution in [0.1, 0.15) is 68.3 Å². The van der Waals surface area contributed by atoms with Crippen molar-refractivity contribution in [3.8, 4) is 0 Å². The number of hydrogen-bond donors (Lipinski definition) is 1. The number of nitrogens with zero attached hydrogens (tertiary/aromatic N) is 2. The third-order valence-electron chi connectivity index (χ3n) is 4.61. The first kappa shape index (κ1) is 14.3. The van der Waals surface area contributed by atoms with Gasteiger partial charge in [0.2, 0.25) is 5.89 Å². The lowest BCUT2D eigenvalue weighted by molar-refractivity contribution is 0.297. The molecule has 0 bridgehead atoms. The Hall–Kier alpha value is -1.68. The highest BCUT2D eigenvalue weighted by Crippen LogP contribution is 2.36. The molecule has 4 nitrogen and oxygen atoms in total. The van der Waals surface area contributed by atoms with Crippen LogP contribution in [0.4, 0.5) is 0 Å². The van der Waals surface area contributed by atoms with Crippen LogP contribution in [0.3, 0.4) is 0 Å². The van der Waals surface area contributed by atoms with E-state index in [9.17, 15) is 0 Å². The summed E-state index contributed by atoms with van der Waals surface area (Å²) >= 11 is 0. The molecule has 3 atom stereocenters. The fourth-order valence-corrected chi connectivity index (χ4v) is 3.24. The zero-order chi connectivity index (χ0) is 14.7. The standard InChI is InChI=1S/C17H23N3O/c1-2-12-7-6-10-14(11-12)16-19-17(21-20-16)15(18)13-8-4-3-5-9-13/h3-5,8-9,12,14-15H,2,6-7,10-11,18H2,1H3. The smallest absolute Gasteiger partial charge is 0.248 e. The van der Waals surface area contributed by atoms with Gasteiger partial charge in [0.15, 0.2) is 5.82 Å². The number of hydrogen-bond acceptors (Lipinski definition) is 4. The Morgan fingerprint density at radius 3 is 2.86 bits per heavy atom. The number of rotatable bonds is 4. The molecule has 1 heterocycles. The SMILES string of the molecule is CCC1CCCC(c2noc(C(N)c3ccccc3)n2)C1. The highest BCUT2D eigenvalue weighted by Gasteiger charge is 2.27. The monoisotopic (exact) mass is 285 g/mol. The van der Waals surface area contributed by atoms with E-state index in [-0.39, 0.29) is 6.04 Å². The van der Waals surface area contributed by atoms with E-state index in [1.807, 2.05) is 30.3 Å². The molecule has 112 valence electrons. The molecule has 2 N–H and O–H groups in total. The molecule has 1 aliphatic rings. The summed E-state index contributed by atoms with van der Waals surface area (Å²) in [6.45, 7) is 2.26. The minimum atomic E-state index is -0.335. The topological polar surface area (TPSA) is 64.9 Å². The Morgan fingerprint density at radius 2 is 2.10 bits per heavy atom. The molecular formula is C17H23N3O. The van der Waals surface area contributed by atoms with Gasteiger partial charge in [-0.1, -0.05) is 61.7 Å². The summed E-state index contributed by atoms with van der Waals surface area (Å²) in [4.78, 5) is 4.58. The molecule has 1 fully saturated rings. The molecule has 1 aromatic heterocycles. The van der Waals surface area contributed by atoms with Crippen molar-refractivity contribution in [3.05, 3.63) is 47.6 Å². The van der Waals surface area contributed by atoms with Crippen LogP contribution in [0.2, 0.25) is 0 Å². The highest BCUT2D eigenvalue weighted by atomic mass is 16.5. The van der Waals surface area contributed by atoms with E-state index in [4.69, 9.17) is 10.3 Å². The minimum Gasteiger partial charge on any atom is -0.337 e. The second kappa shape index (κ2) is 6.39. The third-order valence-corrected chi connectivity index (χ3v) is 4.61. The Bertz CT molecular complexity index is 566. The molecule has 3 rings (SSSR count). The molecule has 0 spiro atoms. The summed E-state index contributed by atoms with van der Waals surface area (Å²) in [6, 6.07) is 9.56. The lowest BCUT2D eigenvalue weighted by atomic mass is 9.80. The molecule has 1 aliphatic carbocycles. The second-order valence-electron chi connectivity index (χ2n) is 6.02. The van der Waals surface area contributed by atoms with Crippen LogP contribution in [-0.2, 0) is 0 Å². The first-order valence-electron chi connectivity index (χ1n) is 7.92. The van der Waals surface area contributed by atoms with Crippen molar-refractivity contribution in [1.82, 2.24) is 10.1 Å². The lowest BCUT2D eigenvalue weighted by Crippen LogP contribution is -2.15. The van der Waals surface area contributed by atoms with Gasteiger partial charge in [0.05, 0.1) is 0 Å². The van der Waals surface area contributed by atoms with E-state index in [1.165, 1.54) is 25.7 Å². The summed E-state index contributed by atoms with van der Waals surface area (Å²) < 4.78 is 5.42. The molecule has 3 unspecified atom stereocenters. The molecule has 1 aromatic carbocycles. The van der Waals surface area contributed by atoms with E-state index in [1.54, 1.807) is 0 Å². The predicted molar refractivity (Wildman–Crippen MR) is 81.8 cm³/mol. The van der Waals surface area contributed by atoms with Crippen molar-refractivity contribution >= 4 is 0 Å². The van der Waals surface area contributed by atoms with Crippen molar-refractivity contribution < 1.29 is 4.52 Å². The Morgan fingerprint density at radius 1 is 1.29 bits per heavy atom. The van der Waals surface area contributed by atoms with Gasteiger partial charge < -0.3 is 10.3 Å². The van der Waals surface area contributed by atoms with E-state index in [0.717, 1.165) is 23.7 Å². The molecule has 0 aliphatic heterocycles. The molecule has 4 heteroatoms. The van der Waals surface area contributed by atoms with Crippen molar-refractivity contribution in [2.75, 3.05) is 0 Å². The number of benzene rings is 1. The summed E-state index contributed by atoms with van der Waals surface area (Å²) in [5.74, 6) is 2.60. The first-order valence-corrected chi connectivity index (χ1v) is 7.92. The Balaban J connectivity index is 1.74. The summed E-state index contributed by atoms with van der Waals surface area (Å²) in [7, 11) is 0. The van der Waals surface area contributed by atoms with E-state index < -0.39 is 0 Å². The van der Waals surface area contributed by atoms with Gasteiger partial charge in [-0.3, -0.25) is 0 Å². The average molecular weight is 285 g/mol. The van der Waals surface area contributed by atoms with Gasteiger partial charge in [-0.2, -0.15) is 4.98 Å². The molecule has 1 saturated carbocycles. The molecule has 21 heavy (non-hydrogen) atoms. The normalized spacial score (nSPS) is 23.9. The first-order chi connectivity index (χ1) is 10.3. The van der Waals surface area contributed by atoms with Gasteiger partial charge in [0, 0.05) is 5.92 Å². The van der Waals surface area contributed by atoms with Crippen molar-refractivity contribution in [3.63, 3.8) is 0 Å². The maximum atomic E-state index is 6.22. The quantitative estimate of drug-likeness (QED) is 0.928. The molecule has 2 aromatic rings. The predicted octanol–water partition coefficient (Wildman–Crippen LogP) is 3.80. The van der Waals surface area contributed by atoms with Crippen molar-refractivity contribution in [1.29, 1.82) is 0 Å². The number of nitrogens with two attached hydrogens (primary N) is 1. The lowest BCUT2D eigenvalue weighted by Gasteiger charge is -2.26. The third kappa shape index (κ3) is 3.16. The van der Waals surface area contributed by atoms with Crippen LogP contribution >= 0.6 is 0 Å². The van der Waals surface area contributed by atoms with Gasteiger partial charge in [0.1, 0.15) is 6.04 Å². The zero-order valence-corrected chi connectivity index (χ0v) is 12.5. The van der Waals surface area contributed by atoms with Gasteiger partial charge in [-0.05, 0) is 24.3 Å². The van der Waals surface area contributed by atoms with Crippen molar-refractivity contribution in [2.24, 2.45) is 11.7 Å². The largest absolute Gasteiger partial charge is 0.337 e. The van der Waals surface area contributed by atoms with Crippen molar-refractivity contribution in [2.45, 2.75) is 51.0 Å². The van der Waals surface area contributed by atoms with Gasteiger partial charge >= 0.3 is 0 Å². The maximum Gasteiger partial charge on any atom is 0.248 e. The summed E-state index contributed by atoms with van der Waals surface area (Å²) in [6.07, 6.45) is 6.18. The maximum absolute atomic E-state index is 6.22. The van der Waals surface area contributed by atoms with E-state index in [0.29, 0.717) is 11.8 Å². The van der Waals surface area contributed by atoms with Crippen LogP contribution in [0.5, 0.6) is 0 Å². The fourth-order valence-electron chi connectivity index (χ4n) is 3.24. The van der Waals surface area contributed by atoms with Crippen LogP contribution in [0, 0.1) is 5.92 Å². The van der Waals surface area contributed by atoms with Crippen LogP contribution < -0.4 is 5.73 Å². The summed E-state index contributed by atoms with van der Waals surface area (Å²) in [5.41, 5.74) is 7.22. The van der Waals surface area contributed by atoms with Crippen LogP contribution in [-0.4, -0.2) is 10.1 Å². The van der Waals surface area contributed by atoms with Crippen LogP contribution in [0.15, 0.2) is 34.9 Å². The van der Waals surface area contributed by atoms with Gasteiger partial charge in [0.25, 0.3) is 0 Å². The highest BCUT2D eigenvalue weighted by molar-refractivity contribution is 5.23. The molecule has 0 saturated heterocycles. The van der Waals surface area contributed by atoms with Gasteiger partial charge in [-0.15, -0.1) is 0 Å². The molecule has 0 amide bonds. The zero-order valence-electron chi connectivity index (χ0n) is 12.5.